The van der Waals surface area contributed by atoms with Gasteiger partial charge in [0.25, 0.3) is 0 Å². The van der Waals surface area contributed by atoms with Crippen molar-refractivity contribution in [2.45, 2.75) is 30.5 Å². The van der Waals surface area contributed by atoms with Crippen molar-refractivity contribution < 1.29 is 4.74 Å². The van der Waals surface area contributed by atoms with Crippen LogP contribution in [0.3, 0.4) is 0 Å². The van der Waals surface area contributed by atoms with Gasteiger partial charge in [-0.2, -0.15) is 5.10 Å². The van der Waals surface area contributed by atoms with E-state index in [0.29, 0.717) is 6.04 Å². The minimum atomic E-state index is 0.555. The van der Waals surface area contributed by atoms with Crippen LogP contribution < -0.4 is 10.1 Å². The summed E-state index contributed by atoms with van der Waals surface area (Å²) < 4.78 is 5.32. The molecule has 2 aromatic rings. The molecule has 0 amide bonds. The van der Waals surface area contributed by atoms with Gasteiger partial charge in [-0.25, -0.2) is 4.98 Å². The van der Waals surface area contributed by atoms with Crippen LogP contribution in [0, 0.1) is 0 Å². The molecule has 3 rings (SSSR count). The maximum absolute atomic E-state index is 5.32. The van der Waals surface area contributed by atoms with Crippen LogP contribution >= 0.6 is 11.8 Å². The highest BCUT2D eigenvalue weighted by atomic mass is 32.2. The molecule has 1 aliphatic carbocycles. The number of nitrogens with zero attached hydrogens (tertiary/aromatic N) is 2. The first kappa shape index (κ1) is 14.4. The van der Waals surface area contributed by atoms with E-state index in [2.05, 4.69) is 38.7 Å². The Hall–Kier alpha value is -1.53. The average Bonchev–Trinajstić information content (AvgIpc) is 3.04. The molecule has 1 heterocycles. The number of H-pyrrole nitrogens is 1. The highest BCUT2D eigenvalue weighted by Crippen LogP contribution is 2.25. The molecule has 1 aromatic heterocycles. The molecule has 1 aromatic carbocycles. The van der Waals surface area contributed by atoms with Gasteiger partial charge in [-0.3, -0.25) is 5.10 Å². The monoisotopic (exact) mass is 304 g/mol. The van der Waals surface area contributed by atoms with E-state index in [0.717, 1.165) is 36.0 Å². The van der Waals surface area contributed by atoms with E-state index in [1.54, 1.807) is 25.2 Å². The summed E-state index contributed by atoms with van der Waals surface area (Å²) in [5, 5.41) is 11.2. The molecule has 21 heavy (non-hydrogen) atoms. The molecular formula is C15H20N4OS. The fourth-order valence-corrected chi connectivity index (χ4v) is 3.36. The number of aromatic amines is 1. The Morgan fingerprint density at radius 3 is 3.19 bits per heavy atom. The molecule has 1 atom stereocenters. The molecule has 0 bridgehead atoms. The number of nitrogens with one attached hydrogen (secondary N) is 2. The molecule has 0 aliphatic heterocycles. The highest BCUT2D eigenvalue weighted by molar-refractivity contribution is 7.99. The quantitative estimate of drug-likeness (QED) is 0.632. The zero-order chi connectivity index (χ0) is 14.5. The second kappa shape index (κ2) is 6.95. The average molecular weight is 304 g/mol. The summed E-state index contributed by atoms with van der Waals surface area (Å²) in [6.45, 7) is 0.981. The first-order valence-corrected chi connectivity index (χ1v) is 8.21. The molecule has 0 saturated heterocycles. The lowest BCUT2D eigenvalue weighted by atomic mass is 9.88. The van der Waals surface area contributed by atoms with E-state index >= 15 is 0 Å². The number of benzene rings is 1. The zero-order valence-corrected chi connectivity index (χ0v) is 12.9. The minimum Gasteiger partial charge on any atom is -0.497 e. The van der Waals surface area contributed by atoms with E-state index in [9.17, 15) is 0 Å². The zero-order valence-electron chi connectivity index (χ0n) is 12.1. The number of methoxy groups -OCH3 is 1. The second-order valence-corrected chi connectivity index (χ2v) is 6.25. The highest BCUT2D eigenvalue weighted by Gasteiger charge is 2.18. The summed E-state index contributed by atoms with van der Waals surface area (Å²) in [5.74, 6) is 1.95. The van der Waals surface area contributed by atoms with Crippen LogP contribution in [0.5, 0.6) is 5.75 Å². The number of aryl methyl sites for hydroxylation is 1. The van der Waals surface area contributed by atoms with Crippen LogP contribution in [0.2, 0.25) is 0 Å². The summed E-state index contributed by atoms with van der Waals surface area (Å²) in [5.41, 5.74) is 2.88. The first-order chi connectivity index (χ1) is 10.3. The van der Waals surface area contributed by atoms with Gasteiger partial charge in [-0.1, -0.05) is 17.8 Å². The number of fused-ring (bicyclic) bond motifs is 1. The minimum absolute atomic E-state index is 0.555. The van der Waals surface area contributed by atoms with Crippen LogP contribution in [0.25, 0.3) is 0 Å². The van der Waals surface area contributed by atoms with E-state index in [4.69, 9.17) is 4.74 Å². The van der Waals surface area contributed by atoms with Gasteiger partial charge in [0, 0.05) is 18.3 Å². The number of thioether (sulfide) groups is 1. The van der Waals surface area contributed by atoms with Crippen molar-refractivity contribution in [3.63, 3.8) is 0 Å². The number of hydrogen-bond acceptors (Lipinski definition) is 5. The summed E-state index contributed by atoms with van der Waals surface area (Å²) >= 11 is 1.70. The number of ether oxygens (including phenoxy) is 1. The molecule has 1 aliphatic rings. The number of rotatable bonds is 6. The third kappa shape index (κ3) is 3.77. The molecule has 112 valence electrons. The summed E-state index contributed by atoms with van der Waals surface area (Å²) in [6.07, 6.45) is 4.97. The van der Waals surface area contributed by atoms with Crippen LogP contribution in [-0.2, 0) is 12.8 Å². The van der Waals surface area contributed by atoms with Crippen molar-refractivity contribution in [3.05, 3.63) is 35.7 Å². The molecule has 5 nitrogen and oxygen atoms in total. The van der Waals surface area contributed by atoms with Crippen molar-refractivity contribution in [1.29, 1.82) is 0 Å². The van der Waals surface area contributed by atoms with Gasteiger partial charge in [0.05, 0.1) is 7.11 Å². The van der Waals surface area contributed by atoms with Gasteiger partial charge < -0.3 is 10.1 Å². The summed E-state index contributed by atoms with van der Waals surface area (Å²) in [6, 6.07) is 6.98. The lowest BCUT2D eigenvalue weighted by Crippen LogP contribution is -2.35. The molecule has 0 radical (unpaired) electrons. The van der Waals surface area contributed by atoms with Crippen LogP contribution in [0.4, 0.5) is 0 Å². The SMILES string of the molecule is COc1ccc2c(c1)C[C@@H](NCCSc1ncn[nH]1)CC2. The van der Waals surface area contributed by atoms with Gasteiger partial charge in [0.1, 0.15) is 12.1 Å². The normalized spacial score (nSPS) is 17.5. The molecule has 2 N–H and O–H groups in total. The van der Waals surface area contributed by atoms with Crippen molar-refractivity contribution in [3.8, 4) is 5.75 Å². The van der Waals surface area contributed by atoms with E-state index in [1.165, 1.54) is 17.5 Å². The fourth-order valence-electron chi connectivity index (χ4n) is 2.71. The van der Waals surface area contributed by atoms with Gasteiger partial charge in [0.15, 0.2) is 5.16 Å². The Morgan fingerprint density at radius 1 is 1.43 bits per heavy atom. The summed E-state index contributed by atoms with van der Waals surface area (Å²) in [4.78, 5) is 4.10. The molecule has 0 saturated carbocycles. The van der Waals surface area contributed by atoms with Crippen molar-refractivity contribution >= 4 is 11.8 Å². The molecule has 0 unspecified atom stereocenters. The molecule has 0 fully saturated rings. The maximum atomic E-state index is 5.32. The second-order valence-electron chi connectivity index (χ2n) is 5.17. The Balaban J connectivity index is 1.47. The number of aromatic nitrogens is 3. The Labute approximate surface area is 128 Å². The molecular weight excluding hydrogens is 284 g/mol. The topological polar surface area (TPSA) is 62.8 Å². The van der Waals surface area contributed by atoms with Gasteiger partial charge in [-0.15, -0.1) is 0 Å². The van der Waals surface area contributed by atoms with Gasteiger partial charge in [-0.05, 0) is 42.5 Å². The Kier molecular flexibility index (Phi) is 4.77. The standard InChI is InChI=1S/C15H20N4OS/c1-20-14-5-3-11-2-4-13(8-12(11)9-14)16-6-7-21-15-17-10-18-19-15/h3,5,9-10,13,16H,2,4,6-8H2,1H3,(H,17,18,19)/t13-/m0/s1. The van der Waals surface area contributed by atoms with Crippen LogP contribution in [0.15, 0.2) is 29.7 Å². The lowest BCUT2D eigenvalue weighted by Gasteiger charge is -2.26. The summed E-state index contributed by atoms with van der Waals surface area (Å²) in [7, 11) is 1.72. The first-order valence-electron chi connectivity index (χ1n) is 7.22. The van der Waals surface area contributed by atoms with Crippen LogP contribution in [0.1, 0.15) is 17.5 Å². The van der Waals surface area contributed by atoms with Crippen molar-refractivity contribution in [2.75, 3.05) is 19.4 Å². The molecule has 0 spiro atoms. The lowest BCUT2D eigenvalue weighted by molar-refractivity contribution is 0.411. The van der Waals surface area contributed by atoms with Crippen LogP contribution in [-0.4, -0.2) is 40.6 Å². The van der Waals surface area contributed by atoms with E-state index in [-0.39, 0.29) is 0 Å². The largest absolute Gasteiger partial charge is 0.497 e. The predicted octanol–water partition coefficient (Wildman–Crippen LogP) is 2.05. The maximum Gasteiger partial charge on any atom is 0.183 e. The van der Waals surface area contributed by atoms with E-state index in [1.807, 2.05) is 0 Å². The number of hydrogen-bond donors (Lipinski definition) is 2. The van der Waals surface area contributed by atoms with Gasteiger partial charge in [0.2, 0.25) is 0 Å². The predicted molar refractivity (Wildman–Crippen MR) is 83.9 cm³/mol. The van der Waals surface area contributed by atoms with Gasteiger partial charge >= 0.3 is 0 Å². The Morgan fingerprint density at radius 2 is 2.38 bits per heavy atom. The molecule has 6 heteroatoms. The third-order valence-corrected chi connectivity index (χ3v) is 4.69. The third-order valence-electron chi connectivity index (χ3n) is 3.81. The van der Waals surface area contributed by atoms with E-state index < -0.39 is 0 Å². The smallest absolute Gasteiger partial charge is 0.183 e. The van der Waals surface area contributed by atoms with Crippen molar-refractivity contribution in [2.24, 2.45) is 0 Å². The fraction of sp³-hybridized carbons (Fsp3) is 0.467. The van der Waals surface area contributed by atoms with Crippen molar-refractivity contribution in [1.82, 2.24) is 20.5 Å². The Bertz CT molecular complexity index is 573.